The normalized spacial score (nSPS) is 16.1. The van der Waals surface area contributed by atoms with Crippen molar-refractivity contribution >= 4 is 11.6 Å². The molecule has 2 aromatic rings. The molecule has 0 saturated carbocycles. The summed E-state index contributed by atoms with van der Waals surface area (Å²) in [5.41, 5.74) is 1.72. The Morgan fingerprint density at radius 3 is 2.47 bits per heavy atom. The summed E-state index contributed by atoms with van der Waals surface area (Å²) in [7, 11) is 3.36. The molecule has 0 N–H and O–H groups in total. The number of rotatable bonds is 6. The first-order valence-electron chi connectivity index (χ1n) is 10.2. The molecule has 1 aliphatic rings. The van der Waals surface area contributed by atoms with Crippen LogP contribution in [0.25, 0.3) is 0 Å². The van der Waals surface area contributed by atoms with Crippen LogP contribution >= 0.6 is 0 Å². The molecule has 5 nitrogen and oxygen atoms in total. The van der Waals surface area contributed by atoms with Gasteiger partial charge in [-0.3, -0.25) is 9.69 Å². The topological polar surface area (TPSA) is 36.0 Å². The number of likely N-dealkylation sites (N-methyl/N-ethyl adjacent to an activating group) is 1. The van der Waals surface area contributed by atoms with Crippen molar-refractivity contribution in [2.45, 2.75) is 19.4 Å². The molecule has 2 aromatic carbocycles. The Morgan fingerprint density at radius 1 is 1.07 bits per heavy atom. The van der Waals surface area contributed by atoms with Gasteiger partial charge in [0.1, 0.15) is 5.75 Å². The molecule has 1 saturated heterocycles. The van der Waals surface area contributed by atoms with Crippen molar-refractivity contribution in [2.24, 2.45) is 0 Å². The van der Waals surface area contributed by atoms with Crippen molar-refractivity contribution in [3.8, 4) is 5.75 Å². The fourth-order valence-corrected chi connectivity index (χ4v) is 3.69. The zero-order chi connectivity index (χ0) is 21.7. The molecule has 1 atom stereocenters. The van der Waals surface area contributed by atoms with Crippen molar-refractivity contribution in [3.05, 3.63) is 59.7 Å². The number of amides is 1. The molecule has 1 unspecified atom stereocenters. The zero-order valence-corrected chi connectivity index (χ0v) is 17.8. The van der Waals surface area contributed by atoms with Crippen molar-refractivity contribution in [3.63, 3.8) is 0 Å². The third kappa shape index (κ3) is 5.27. The monoisotopic (exact) mass is 417 g/mol. The van der Waals surface area contributed by atoms with Crippen molar-refractivity contribution < 1.29 is 18.3 Å². The van der Waals surface area contributed by atoms with Gasteiger partial charge in [-0.25, -0.2) is 8.78 Å². The predicted molar refractivity (Wildman–Crippen MR) is 114 cm³/mol. The van der Waals surface area contributed by atoms with Crippen LogP contribution in [-0.4, -0.2) is 62.6 Å². The van der Waals surface area contributed by atoms with Crippen LogP contribution in [0.4, 0.5) is 14.5 Å². The highest BCUT2D eigenvalue weighted by Crippen LogP contribution is 2.22. The molecular weight excluding hydrogens is 388 g/mol. The molecule has 162 valence electrons. The number of methoxy groups -OCH3 is 1. The van der Waals surface area contributed by atoms with Crippen LogP contribution in [0.2, 0.25) is 0 Å². The van der Waals surface area contributed by atoms with Gasteiger partial charge in [-0.2, -0.15) is 0 Å². The summed E-state index contributed by atoms with van der Waals surface area (Å²) < 4.78 is 32.0. The van der Waals surface area contributed by atoms with Gasteiger partial charge in [0.25, 0.3) is 0 Å². The molecule has 3 rings (SSSR count). The van der Waals surface area contributed by atoms with Gasteiger partial charge < -0.3 is 14.5 Å². The maximum absolute atomic E-state index is 13.5. The molecular formula is C23H29F2N3O2. The first-order valence-corrected chi connectivity index (χ1v) is 10.2. The summed E-state index contributed by atoms with van der Waals surface area (Å²) in [4.78, 5) is 18.9. The smallest absolute Gasteiger partial charge is 0.236 e. The summed E-state index contributed by atoms with van der Waals surface area (Å²) in [6, 6.07) is 11.5. The van der Waals surface area contributed by atoms with Crippen molar-refractivity contribution in [1.29, 1.82) is 0 Å². The molecule has 0 aliphatic carbocycles. The number of hydrogen-bond acceptors (Lipinski definition) is 4. The maximum Gasteiger partial charge on any atom is 0.236 e. The molecule has 7 heteroatoms. The maximum atomic E-state index is 13.5. The number of hydrogen-bond donors (Lipinski definition) is 0. The van der Waals surface area contributed by atoms with Crippen LogP contribution in [0.5, 0.6) is 5.75 Å². The minimum absolute atomic E-state index is 0.0369. The quantitative estimate of drug-likeness (QED) is 0.718. The molecule has 0 aromatic heterocycles. The second-order valence-electron chi connectivity index (χ2n) is 7.67. The van der Waals surface area contributed by atoms with Gasteiger partial charge in [-0.1, -0.05) is 6.07 Å². The summed E-state index contributed by atoms with van der Waals surface area (Å²) in [5, 5.41) is 0. The van der Waals surface area contributed by atoms with Gasteiger partial charge in [0.2, 0.25) is 5.91 Å². The van der Waals surface area contributed by atoms with E-state index < -0.39 is 11.6 Å². The second-order valence-corrected chi connectivity index (χ2v) is 7.67. The third-order valence-electron chi connectivity index (χ3n) is 5.79. The number of benzene rings is 2. The number of carbonyl (C=O) groups is 1. The highest BCUT2D eigenvalue weighted by atomic mass is 19.2. The molecule has 1 amide bonds. The Bertz CT molecular complexity index is 860. The van der Waals surface area contributed by atoms with Gasteiger partial charge in [0.15, 0.2) is 11.6 Å². The molecule has 0 radical (unpaired) electrons. The Labute approximate surface area is 176 Å². The molecule has 1 fully saturated rings. The average Bonchev–Trinajstić information content (AvgIpc) is 3.00. The van der Waals surface area contributed by atoms with E-state index in [-0.39, 0.29) is 11.9 Å². The molecule has 1 heterocycles. The van der Waals surface area contributed by atoms with Gasteiger partial charge in [0.05, 0.1) is 19.7 Å². The van der Waals surface area contributed by atoms with Gasteiger partial charge in [-0.05, 0) is 55.3 Å². The summed E-state index contributed by atoms with van der Waals surface area (Å²) in [6.45, 7) is 5.51. The van der Waals surface area contributed by atoms with Gasteiger partial charge in [-0.15, -0.1) is 0 Å². The van der Waals surface area contributed by atoms with Crippen molar-refractivity contribution in [1.82, 2.24) is 9.80 Å². The van der Waals surface area contributed by atoms with Gasteiger partial charge >= 0.3 is 0 Å². The first-order chi connectivity index (χ1) is 14.4. The van der Waals surface area contributed by atoms with Gasteiger partial charge in [0, 0.05) is 38.9 Å². The Hall–Kier alpha value is -2.67. The number of nitrogens with zero attached hydrogens (tertiary/aromatic N) is 3. The second kappa shape index (κ2) is 9.89. The minimum atomic E-state index is -0.897. The zero-order valence-electron chi connectivity index (χ0n) is 17.8. The lowest BCUT2D eigenvalue weighted by Crippen LogP contribution is -2.41. The molecule has 0 spiro atoms. The number of ether oxygens (including phenoxy) is 1. The molecule has 0 bridgehead atoms. The third-order valence-corrected chi connectivity index (χ3v) is 5.79. The highest BCUT2D eigenvalue weighted by molar-refractivity contribution is 5.78. The SMILES string of the molecule is COc1ccc(N2CCCN(CC(=O)N(C)C(C)c3ccc(F)c(F)c3)CC2)cc1. The van der Waals surface area contributed by atoms with Crippen LogP contribution in [0.3, 0.4) is 0 Å². The van der Waals surface area contributed by atoms with E-state index in [1.165, 1.54) is 6.07 Å². The van der Waals surface area contributed by atoms with Crippen LogP contribution in [0, 0.1) is 11.6 Å². The summed E-state index contributed by atoms with van der Waals surface area (Å²) in [6.07, 6.45) is 0.960. The summed E-state index contributed by atoms with van der Waals surface area (Å²) >= 11 is 0. The van der Waals surface area contributed by atoms with Crippen LogP contribution in [0.1, 0.15) is 24.9 Å². The number of anilines is 1. The van der Waals surface area contributed by atoms with E-state index in [1.807, 2.05) is 19.1 Å². The molecule has 30 heavy (non-hydrogen) atoms. The van der Waals surface area contributed by atoms with E-state index in [1.54, 1.807) is 19.1 Å². The van der Waals surface area contributed by atoms with E-state index in [9.17, 15) is 13.6 Å². The Balaban J connectivity index is 1.56. The Morgan fingerprint density at radius 2 is 1.80 bits per heavy atom. The minimum Gasteiger partial charge on any atom is -0.497 e. The van der Waals surface area contributed by atoms with Crippen LogP contribution in [0.15, 0.2) is 42.5 Å². The Kier molecular flexibility index (Phi) is 7.26. The lowest BCUT2D eigenvalue weighted by atomic mass is 10.1. The summed E-state index contributed by atoms with van der Waals surface area (Å²) in [5.74, 6) is -0.985. The number of halogens is 2. The van der Waals surface area contributed by atoms with Crippen LogP contribution in [-0.2, 0) is 4.79 Å². The average molecular weight is 418 g/mol. The largest absolute Gasteiger partial charge is 0.497 e. The van der Waals surface area contributed by atoms with E-state index in [0.717, 1.165) is 56.2 Å². The number of carbonyl (C=O) groups excluding carboxylic acids is 1. The van der Waals surface area contributed by atoms with Crippen molar-refractivity contribution in [2.75, 3.05) is 51.8 Å². The predicted octanol–water partition coefficient (Wildman–Crippen LogP) is 3.71. The standard InChI is InChI=1S/C23H29F2N3O2/c1-17(18-5-10-21(24)22(25)15-18)26(2)23(29)16-27-11-4-12-28(14-13-27)19-6-8-20(30-3)9-7-19/h5-10,15,17H,4,11-14,16H2,1-3H3. The fraction of sp³-hybridized carbons (Fsp3) is 0.435. The van der Waals surface area contributed by atoms with E-state index >= 15 is 0 Å². The first kappa shape index (κ1) is 22.0. The fourth-order valence-electron chi connectivity index (χ4n) is 3.69. The lowest BCUT2D eigenvalue weighted by Gasteiger charge is -2.29. The van der Waals surface area contributed by atoms with E-state index in [4.69, 9.17) is 4.74 Å². The van der Waals surface area contributed by atoms with E-state index in [0.29, 0.717) is 12.1 Å². The highest BCUT2D eigenvalue weighted by Gasteiger charge is 2.22. The van der Waals surface area contributed by atoms with E-state index in [2.05, 4.69) is 21.9 Å². The van der Waals surface area contributed by atoms with Crippen LogP contribution < -0.4 is 9.64 Å². The lowest BCUT2D eigenvalue weighted by molar-refractivity contribution is -0.133. The molecule has 1 aliphatic heterocycles.